The van der Waals surface area contributed by atoms with Crippen molar-refractivity contribution in [1.29, 1.82) is 0 Å². The van der Waals surface area contributed by atoms with Crippen LogP contribution in [0.25, 0.3) is 0 Å². The fraction of sp³-hybridized carbons (Fsp3) is 0.188. The molecule has 0 amide bonds. The van der Waals surface area contributed by atoms with Crippen LogP contribution < -0.4 is 4.74 Å². The van der Waals surface area contributed by atoms with Gasteiger partial charge >= 0.3 is 5.97 Å². The van der Waals surface area contributed by atoms with Crippen LogP contribution in [0.4, 0.5) is 0 Å². The zero-order valence-corrected chi connectivity index (χ0v) is 11.9. The van der Waals surface area contributed by atoms with Gasteiger partial charge in [0.25, 0.3) is 0 Å². The van der Waals surface area contributed by atoms with Crippen LogP contribution in [0.2, 0.25) is 0 Å². The van der Waals surface area contributed by atoms with Crippen LogP contribution in [-0.2, 0) is 10.6 Å². The Bertz CT molecular complexity index is 582. The molecule has 4 heteroatoms. The van der Waals surface area contributed by atoms with Crippen molar-refractivity contribution in [2.75, 3.05) is 6.61 Å². The summed E-state index contributed by atoms with van der Waals surface area (Å²) in [5, 5.41) is 0. The van der Waals surface area contributed by atoms with Crippen molar-refractivity contribution in [3.8, 4) is 11.5 Å². The number of esters is 1. The SMILES string of the molecule is CCOC(=O)c1ccc(Oc2ccccc2)cc1CCl. The zero-order chi connectivity index (χ0) is 14.4. The number of carbonyl (C=O) groups excluding carboxylic acids is 1. The van der Waals surface area contributed by atoms with Crippen molar-refractivity contribution < 1.29 is 14.3 Å². The number of carbonyl (C=O) groups is 1. The Kier molecular flexibility index (Phi) is 5.02. The van der Waals surface area contributed by atoms with Gasteiger partial charge in [0, 0.05) is 5.88 Å². The highest BCUT2D eigenvalue weighted by Crippen LogP contribution is 2.25. The molecule has 0 aliphatic heterocycles. The first kappa shape index (κ1) is 14.4. The Balaban J connectivity index is 2.23. The van der Waals surface area contributed by atoms with Crippen LogP contribution in [0.1, 0.15) is 22.8 Å². The van der Waals surface area contributed by atoms with Crippen LogP contribution in [0.3, 0.4) is 0 Å². The van der Waals surface area contributed by atoms with Gasteiger partial charge in [0.15, 0.2) is 0 Å². The molecule has 0 atom stereocenters. The predicted octanol–water partition coefficient (Wildman–Crippen LogP) is 4.39. The lowest BCUT2D eigenvalue weighted by Crippen LogP contribution is -2.07. The molecular formula is C16H15ClO3. The normalized spacial score (nSPS) is 10.1. The average molecular weight is 291 g/mol. The fourth-order valence-corrected chi connectivity index (χ4v) is 2.00. The van der Waals surface area contributed by atoms with Gasteiger partial charge in [-0.3, -0.25) is 0 Å². The van der Waals surface area contributed by atoms with Crippen molar-refractivity contribution in [2.24, 2.45) is 0 Å². The Hall–Kier alpha value is -2.00. The summed E-state index contributed by atoms with van der Waals surface area (Å²) in [4.78, 5) is 11.8. The number of para-hydroxylation sites is 1. The molecule has 20 heavy (non-hydrogen) atoms. The molecule has 0 aliphatic rings. The minimum absolute atomic E-state index is 0.222. The van der Waals surface area contributed by atoms with Crippen molar-refractivity contribution in [1.82, 2.24) is 0 Å². The van der Waals surface area contributed by atoms with E-state index in [9.17, 15) is 4.79 Å². The third kappa shape index (κ3) is 3.52. The lowest BCUT2D eigenvalue weighted by molar-refractivity contribution is 0.0525. The van der Waals surface area contributed by atoms with Gasteiger partial charge in [-0.1, -0.05) is 18.2 Å². The second-order valence-corrected chi connectivity index (χ2v) is 4.36. The first-order valence-corrected chi connectivity index (χ1v) is 6.87. The summed E-state index contributed by atoms with van der Waals surface area (Å²) in [7, 11) is 0. The summed E-state index contributed by atoms with van der Waals surface area (Å²) >= 11 is 5.89. The molecule has 0 radical (unpaired) electrons. The first-order chi connectivity index (χ1) is 9.74. The van der Waals surface area contributed by atoms with E-state index in [2.05, 4.69) is 0 Å². The molecule has 2 aromatic rings. The molecule has 0 N–H and O–H groups in total. The monoisotopic (exact) mass is 290 g/mol. The maximum atomic E-state index is 11.8. The molecular weight excluding hydrogens is 276 g/mol. The van der Waals surface area contributed by atoms with Crippen LogP contribution in [-0.4, -0.2) is 12.6 Å². The quantitative estimate of drug-likeness (QED) is 0.605. The molecule has 0 fully saturated rings. The molecule has 2 rings (SSSR count). The number of benzene rings is 2. The topological polar surface area (TPSA) is 35.5 Å². The first-order valence-electron chi connectivity index (χ1n) is 6.33. The van der Waals surface area contributed by atoms with E-state index in [0.717, 1.165) is 5.75 Å². The van der Waals surface area contributed by atoms with E-state index in [4.69, 9.17) is 21.1 Å². The highest BCUT2D eigenvalue weighted by molar-refractivity contribution is 6.17. The van der Waals surface area contributed by atoms with Gasteiger partial charge in [-0.25, -0.2) is 4.79 Å². The number of hydrogen-bond donors (Lipinski definition) is 0. The van der Waals surface area contributed by atoms with E-state index in [-0.39, 0.29) is 11.8 Å². The highest BCUT2D eigenvalue weighted by Gasteiger charge is 2.13. The Labute approximate surface area is 123 Å². The van der Waals surface area contributed by atoms with Gasteiger partial charge < -0.3 is 9.47 Å². The number of ether oxygens (including phenoxy) is 2. The molecule has 0 saturated carbocycles. The third-order valence-corrected chi connectivity index (χ3v) is 2.98. The van der Waals surface area contributed by atoms with Gasteiger partial charge in [0.2, 0.25) is 0 Å². The summed E-state index contributed by atoms with van der Waals surface area (Å²) in [6.45, 7) is 2.11. The molecule has 104 valence electrons. The lowest BCUT2D eigenvalue weighted by Gasteiger charge is -2.10. The maximum absolute atomic E-state index is 11.8. The molecule has 0 aliphatic carbocycles. The largest absolute Gasteiger partial charge is 0.462 e. The van der Waals surface area contributed by atoms with Crippen LogP contribution in [0, 0.1) is 0 Å². The summed E-state index contributed by atoms with van der Waals surface area (Å²) < 4.78 is 10.7. The van der Waals surface area contributed by atoms with Gasteiger partial charge in [-0.15, -0.1) is 11.6 Å². The molecule has 0 spiro atoms. The Morgan fingerprint density at radius 2 is 1.85 bits per heavy atom. The molecule has 0 bridgehead atoms. The van der Waals surface area contributed by atoms with E-state index in [1.807, 2.05) is 30.3 Å². The molecule has 0 unspecified atom stereocenters. The van der Waals surface area contributed by atoms with E-state index in [1.54, 1.807) is 25.1 Å². The molecule has 0 heterocycles. The predicted molar refractivity (Wildman–Crippen MR) is 78.5 cm³/mol. The summed E-state index contributed by atoms with van der Waals surface area (Å²) in [6.07, 6.45) is 0. The Morgan fingerprint density at radius 1 is 1.10 bits per heavy atom. The fourth-order valence-electron chi connectivity index (χ4n) is 1.78. The van der Waals surface area contributed by atoms with Gasteiger partial charge in [0.1, 0.15) is 11.5 Å². The van der Waals surface area contributed by atoms with Gasteiger partial charge in [-0.2, -0.15) is 0 Å². The molecule has 3 nitrogen and oxygen atoms in total. The highest BCUT2D eigenvalue weighted by atomic mass is 35.5. The maximum Gasteiger partial charge on any atom is 0.338 e. The van der Waals surface area contributed by atoms with Gasteiger partial charge in [0.05, 0.1) is 12.2 Å². The standard InChI is InChI=1S/C16H15ClO3/c1-2-19-16(18)15-9-8-14(10-12(15)11-17)20-13-6-4-3-5-7-13/h3-10H,2,11H2,1H3. The second kappa shape index (κ2) is 6.96. The van der Waals surface area contributed by atoms with Crippen molar-refractivity contribution in [2.45, 2.75) is 12.8 Å². The van der Waals surface area contributed by atoms with Crippen LogP contribution >= 0.6 is 11.6 Å². The van der Waals surface area contributed by atoms with Crippen molar-refractivity contribution >= 4 is 17.6 Å². The average Bonchev–Trinajstić information content (AvgIpc) is 2.48. The second-order valence-electron chi connectivity index (χ2n) is 4.09. The van der Waals surface area contributed by atoms with Crippen LogP contribution in [0.15, 0.2) is 48.5 Å². The van der Waals surface area contributed by atoms with E-state index in [1.165, 1.54) is 0 Å². The number of alkyl halides is 1. The summed E-state index contributed by atoms with van der Waals surface area (Å²) in [5.41, 5.74) is 1.17. The molecule has 0 saturated heterocycles. The minimum Gasteiger partial charge on any atom is -0.462 e. The Morgan fingerprint density at radius 3 is 2.50 bits per heavy atom. The smallest absolute Gasteiger partial charge is 0.338 e. The third-order valence-electron chi connectivity index (χ3n) is 2.69. The van der Waals surface area contributed by atoms with E-state index >= 15 is 0 Å². The number of hydrogen-bond acceptors (Lipinski definition) is 3. The van der Waals surface area contributed by atoms with Crippen molar-refractivity contribution in [3.05, 3.63) is 59.7 Å². The summed E-state index contributed by atoms with van der Waals surface area (Å²) in [5.74, 6) is 1.23. The zero-order valence-electron chi connectivity index (χ0n) is 11.1. The molecule has 0 aromatic heterocycles. The molecule has 2 aromatic carbocycles. The summed E-state index contributed by atoms with van der Waals surface area (Å²) in [6, 6.07) is 14.6. The van der Waals surface area contributed by atoms with Crippen molar-refractivity contribution in [3.63, 3.8) is 0 Å². The lowest BCUT2D eigenvalue weighted by atomic mass is 10.1. The van der Waals surface area contributed by atoms with Crippen LogP contribution in [0.5, 0.6) is 11.5 Å². The van der Waals surface area contributed by atoms with E-state index in [0.29, 0.717) is 23.5 Å². The van der Waals surface area contributed by atoms with Gasteiger partial charge in [-0.05, 0) is 42.8 Å². The minimum atomic E-state index is -0.366. The van der Waals surface area contributed by atoms with E-state index < -0.39 is 0 Å². The number of rotatable bonds is 5. The number of halogens is 1.